The lowest BCUT2D eigenvalue weighted by molar-refractivity contribution is 0.00852. The molecule has 1 aromatic rings. The highest BCUT2D eigenvalue weighted by molar-refractivity contribution is 7.90. The molecule has 94 valence electrons. The second-order valence-electron chi connectivity index (χ2n) is 4.70. The van der Waals surface area contributed by atoms with Crippen molar-refractivity contribution in [1.29, 1.82) is 0 Å². The van der Waals surface area contributed by atoms with Gasteiger partial charge in [-0.3, -0.25) is 0 Å². The second kappa shape index (κ2) is 3.99. The maximum absolute atomic E-state index is 11.3. The average molecular weight is 255 g/mol. The number of rotatable bonds is 3. The van der Waals surface area contributed by atoms with Crippen LogP contribution in [0.4, 0.5) is 5.69 Å². The lowest BCUT2D eigenvalue weighted by Crippen LogP contribution is -2.61. The molecule has 0 spiro atoms. The van der Waals surface area contributed by atoms with Crippen LogP contribution in [-0.2, 0) is 9.84 Å². The van der Waals surface area contributed by atoms with Gasteiger partial charge in [-0.05, 0) is 30.7 Å². The number of hydrogen-bond donors (Lipinski definition) is 1. The summed E-state index contributed by atoms with van der Waals surface area (Å²) in [7, 11) is -3.13. The van der Waals surface area contributed by atoms with Gasteiger partial charge in [-0.15, -0.1) is 0 Å². The van der Waals surface area contributed by atoms with E-state index in [1.54, 1.807) is 24.3 Å². The average Bonchev–Trinajstić information content (AvgIpc) is 2.24. The lowest BCUT2D eigenvalue weighted by atomic mass is 9.91. The van der Waals surface area contributed by atoms with E-state index in [9.17, 15) is 13.5 Å². The van der Waals surface area contributed by atoms with Gasteiger partial charge in [0.2, 0.25) is 0 Å². The van der Waals surface area contributed by atoms with E-state index in [0.29, 0.717) is 18.0 Å². The van der Waals surface area contributed by atoms with Gasteiger partial charge < -0.3 is 10.0 Å². The minimum atomic E-state index is -3.13. The Kier molecular flexibility index (Phi) is 2.91. The first kappa shape index (κ1) is 12.4. The van der Waals surface area contributed by atoms with E-state index in [1.807, 2.05) is 11.8 Å². The van der Waals surface area contributed by atoms with Crippen LogP contribution >= 0.6 is 0 Å². The summed E-state index contributed by atoms with van der Waals surface area (Å²) in [6.07, 6.45) is 1.94. The SMILES string of the molecule is CCC1(O)CN(c2ccc(S(C)(=O)=O)cc2)C1. The number of anilines is 1. The van der Waals surface area contributed by atoms with Crippen molar-refractivity contribution >= 4 is 15.5 Å². The van der Waals surface area contributed by atoms with Gasteiger partial charge in [-0.2, -0.15) is 0 Å². The molecule has 17 heavy (non-hydrogen) atoms. The molecule has 1 aliphatic heterocycles. The minimum absolute atomic E-state index is 0.326. The Labute approximate surface area is 102 Å². The number of sulfone groups is 1. The van der Waals surface area contributed by atoms with Crippen molar-refractivity contribution in [3.05, 3.63) is 24.3 Å². The summed E-state index contributed by atoms with van der Waals surface area (Å²) in [5.41, 5.74) is 0.380. The smallest absolute Gasteiger partial charge is 0.175 e. The molecule has 5 heteroatoms. The van der Waals surface area contributed by atoms with E-state index in [0.717, 1.165) is 12.1 Å². The Morgan fingerprint density at radius 2 is 1.82 bits per heavy atom. The third kappa shape index (κ3) is 2.45. The molecule has 0 amide bonds. The number of nitrogens with zero attached hydrogens (tertiary/aromatic N) is 1. The Balaban J connectivity index is 2.11. The van der Waals surface area contributed by atoms with E-state index >= 15 is 0 Å². The highest BCUT2D eigenvalue weighted by atomic mass is 32.2. The molecule has 1 heterocycles. The molecule has 1 saturated heterocycles. The zero-order valence-corrected chi connectivity index (χ0v) is 10.9. The first-order valence-electron chi connectivity index (χ1n) is 5.61. The quantitative estimate of drug-likeness (QED) is 0.877. The van der Waals surface area contributed by atoms with Crippen LogP contribution in [0.5, 0.6) is 0 Å². The molecule has 4 nitrogen and oxygen atoms in total. The monoisotopic (exact) mass is 255 g/mol. The highest BCUT2D eigenvalue weighted by Gasteiger charge is 2.39. The summed E-state index contributed by atoms with van der Waals surface area (Å²) in [4.78, 5) is 2.36. The maximum Gasteiger partial charge on any atom is 0.175 e. The Hall–Kier alpha value is -1.07. The number of hydrogen-bond acceptors (Lipinski definition) is 4. The van der Waals surface area contributed by atoms with E-state index in [4.69, 9.17) is 0 Å². The maximum atomic E-state index is 11.3. The molecular weight excluding hydrogens is 238 g/mol. The van der Waals surface area contributed by atoms with Crippen LogP contribution < -0.4 is 4.90 Å². The summed E-state index contributed by atoms with van der Waals surface area (Å²) in [6, 6.07) is 6.78. The van der Waals surface area contributed by atoms with E-state index in [2.05, 4.69) is 0 Å². The van der Waals surface area contributed by atoms with Gasteiger partial charge in [0.25, 0.3) is 0 Å². The fraction of sp³-hybridized carbons (Fsp3) is 0.500. The second-order valence-corrected chi connectivity index (χ2v) is 6.72. The van der Waals surface area contributed by atoms with Crippen molar-refractivity contribution in [3.63, 3.8) is 0 Å². The molecule has 0 unspecified atom stereocenters. The van der Waals surface area contributed by atoms with Crippen LogP contribution in [-0.4, -0.2) is 38.5 Å². The summed E-state index contributed by atoms with van der Waals surface area (Å²) in [6.45, 7) is 3.19. The fourth-order valence-electron chi connectivity index (χ4n) is 1.97. The molecule has 0 saturated carbocycles. The van der Waals surface area contributed by atoms with Gasteiger partial charge in [0.05, 0.1) is 10.5 Å². The van der Waals surface area contributed by atoms with Crippen molar-refractivity contribution in [2.75, 3.05) is 24.2 Å². The molecular formula is C12H17NO3S. The van der Waals surface area contributed by atoms with Gasteiger partial charge in [0, 0.05) is 25.0 Å². The van der Waals surface area contributed by atoms with E-state index in [1.165, 1.54) is 6.26 Å². The van der Waals surface area contributed by atoms with Crippen molar-refractivity contribution in [2.45, 2.75) is 23.8 Å². The summed E-state index contributed by atoms with van der Waals surface area (Å²) in [5.74, 6) is 0. The number of aliphatic hydroxyl groups is 1. The molecule has 0 radical (unpaired) electrons. The molecule has 2 rings (SSSR count). The van der Waals surface area contributed by atoms with Crippen LogP contribution in [0.15, 0.2) is 29.2 Å². The van der Waals surface area contributed by atoms with Crippen LogP contribution in [0, 0.1) is 0 Å². The van der Waals surface area contributed by atoms with Crippen LogP contribution in [0.2, 0.25) is 0 Å². The highest BCUT2D eigenvalue weighted by Crippen LogP contribution is 2.30. The number of β-amino-alcohol motifs (C(OH)–C–C–N with tert-alkyl or cyclic N) is 1. The molecule has 0 aromatic heterocycles. The third-order valence-electron chi connectivity index (χ3n) is 3.26. The molecule has 0 aliphatic carbocycles. The van der Waals surface area contributed by atoms with E-state index < -0.39 is 15.4 Å². The van der Waals surface area contributed by atoms with Crippen LogP contribution in [0.1, 0.15) is 13.3 Å². The van der Waals surface area contributed by atoms with Gasteiger partial charge in [0.1, 0.15) is 0 Å². The summed E-state index contributed by atoms with van der Waals surface area (Å²) in [5, 5.41) is 9.90. The molecule has 0 atom stereocenters. The van der Waals surface area contributed by atoms with Gasteiger partial charge in [-0.1, -0.05) is 6.92 Å². The van der Waals surface area contributed by atoms with Crippen molar-refractivity contribution in [3.8, 4) is 0 Å². The van der Waals surface area contributed by atoms with Crippen molar-refractivity contribution in [2.24, 2.45) is 0 Å². The Bertz CT molecular complexity index is 501. The standard InChI is InChI=1S/C12H17NO3S/c1-3-12(14)8-13(9-12)10-4-6-11(7-5-10)17(2,15)16/h4-7,14H,3,8-9H2,1-2H3. The first-order valence-corrected chi connectivity index (χ1v) is 7.51. The fourth-order valence-corrected chi connectivity index (χ4v) is 2.61. The number of benzene rings is 1. The molecule has 1 aromatic carbocycles. The van der Waals surface area contributed by atoms with E-state index in [-0.39, 0.29) is 0 Å². The summed E-state index contributed by atoms with van der Waals surface area (Å²) >= 11 is 0. The lowest BCUT2D eigenvalue weighted by Gasteiger charge is -2.47. The first-order chi connectivity index (χ1) is 7.84. The zero-order valence-electron chi connectivity index (χ0n) is 10.0. The molecule has 1 N–H and O–H groups in total. The Morgan fingerprint density at radius 1 is 1.29 bits per heavy atom. The topological polar surface area (TPSA) is 57.6 Å². The largest absolute Gasteiger partial charge is 0.386 e. The summed E-state index contributed by atoms with van der Waals surface area (Å²) < 4.78 is 22.6. The van der Waals surface area contributed by atoms with Crippen LogP contribution in [0.3, 0.4) is 0 Å². The predicted molar refractivity (Wildman–Crippen MR) is 67.0 cm³/mol. The van der Waals surface area contributed by atoms with Gasteiger partial charge in [0.15, 0.2) is 9.84 Å². The molecule has 1 fully saturated rings. The van der Waals surface area contributed by atoms with Crippen molar-refractivity contribution in [1.82, 2.24) is 0 Å². The van der Waals surface area contributed by atoms with Gasteiger partial charge in [-0.25, -0.2) is 8.42 Å². The Morgan fingerprint density at radius 3 is 2.24 bits per heavy atom. The molecule has 0 bridgehead atoms. The normalized spacial score (nSPS) is 18.9. The van der Waals surface area contributed by atoms with Crippen LogP contribution in [0.25, 0.3) is 0 Å². The minimum Gasteiger partial charge on any atom is -0.386 e. The van der Waals surface area contributed by atoms with Gasteiger partial charge >= 0.3 is 0 Å². The zero-order chi connectivity index (χ0) is 12.7. The molecule has 1 aliphatic rings. The predicted octanol–water partition coefficient (Wildman–Crippen LogP) is 1.05. The third-order valence-corrected chi connectivity index (χ3v) is 4.39. The van der Waals surface area contributed by atoms with Crippen molar-refractivity contribution < 1.29 is 13.5 Å².